The van der Waals surface area contributed by atoms with Crippen LogP contribution in [0.3, 0.4) is 0 Å². The number of ether oxygens (including phenoxy) is 1. The standard InChI is InChI=1S/C12H24N2O2/c1-4-9-5-6-11(8(9)2)14-12(15)10(13)7-16-3/h8-11H,4-7,13H2,1-3H3,(H,14,15). The van der Waals surface area contributed by atoms with Crippen molar-refractivity contribution in [1.82, 2.24) is 5.32 Å². The summed E-state index contributed by atoms with van der Waals surface area (Å²) in [5.74, 6) is 1.21. The highest BCUT2D eigenvalue weighted by Gasteiger charge is 2.33. The molecule has 1 rings (SSSR count). The molecule has 0 aromatic heterocycles. The Bertz CT molecular complexity index is 233. The van der Waals surface area contributed by atoms with Crippen LogP contribution in [0, 0.1) is 11.8 Å². The number of hydrogen-bond donors (Lipinski definition) is 2. The molecule has 1 fully saturated rings. The van der Waals surface area contributed by atoms with E-state index in [0.29, 0.717) is 12.0 Å². The van der Waals surface area contributed by atoms with Gasteiger partial charge in [0.2, 0.25) is 5.91 Å². The fourth-order valence-corrected chi connectivity index (χ4v) is 2.57. The van der Waals surface area contributed by atoms with Crippen molar-refractivity contribution in [3.63, 3.8) is 0 Å². The summed E-state index contributed by atoms with van der Waals surface area (Å²) in [5, 5.41) is 3.03. The molecule has 1 aliphatic carbocycles. The van der Waals surface area contributed by atoms with Crippen LogP contribution in [0.25, 0.3) is 0 Å². The molecule has 1 aliphatic rings. The van der Waals surface area contributed by atoms with Gasteiger partial charge in [-0.1, -0.05) is 20.3 Å². The van der Waals surface area contributed by atoms with Gasteiger partial charge in [-0.3, -0.25) is 4.79 Å². The zero-order valence-electron chi connectivity index (χ0n) is 10.5. The van der Waals surface area contributed by atoms with Gasteiger partial charge in [-0.15, -0.1) is 0 Å². The molecule has 4 unspecified atom stereocenters. The average Bonchev–Trinajstić information content (AvgIpc) is 2.60. The first-order valence-electron chi connectivity index (χ1n) is 6.15. The molecule has 0 saturated heterocycles. The van der Waals surface area contributed by atoms with Crippen LogP contribution in [-0.2, 0) is 9.53 Å². The molecule has 4 heteroatoms. The summed E-state index contributed by atoms with van der Waals surface area (Å²) in [6, 6.07) is -0.252. The highest BCUT2D eigenvalue weighted by molar-refractivity contribution is 5.81. The lowest BCUT2D eigenvalue weighted by Gasteiger charge is -2.22. The third-order valence-electron chi connectivity index (χ3n) is 3.76. The Hall–Kier alpha value is -0.610. The van der Waals surface area contributed by atoms with E-state index in [4.69, 9.17) is 10.5 Å². The Morgan fingerprint density at radius 2 is 2.25 bits per heavy atom. The van der Waals surface area contributed by atoms with Crippen LogP contribution in [-0.4, -0.2) is 31.7 Å². The Balaban J connectivity index is 2.40. The third-order valence-corrected chi connectivity index (χ3v) is 3.76. The largest absolute Gasteiger partial charge is 0.383 e. The minimum absolute atomic E-state index is 0.0875. The summed E-state index contributed by atoms with van der Waals surface area (Å²) >= 11 is 0. The van der Waals surface area contributed by atoms with Gasteiger partial charge in [-0.25, -0.2) is 0 Å². The van der Waals surface area contributed by atoms with Crippen molar-refractivity contribution in [1.29, 1.82) is 0 Å². The first-order valence-corrected chi connectivity index (χ1v) is 6.15. The first kappa shape index (κ1) is 13.5. The SMILES string of the molecule is CCC1CCC(NC(=O)C(N)COC)C1C. The van der Waals surface area contributed by atoms with Crippen LogP contribution in [0.1, 0.15) is 33.1 Å². The summed E-state index contributed by atoms with van der Waals surface area (Å²) < 4.78 is 4.87. The summed E-state index contributed by atoms with van der Waals surface area (Å²) in [5.41, 5.74) is 5.68. The van der Waals surface area contributed by atoms with Gasteiger partial charge in [0.25, 0.3) is 0 Å². The maximum Gasteiger partial charge on any atom is 0.239 e. The fraction of sp³-hybridized carbons (Fsp3) is 0.917. The molecule has 0 aromatic carbocycles. The van der Waals surface area contributed by atoms with E-state index in [1.165, 1.54) is 12.8 Å². The number of hydrogen-bond acceptors (Lipinski definition) is 3. The van der Waals surface area contributed by atoms with Crippen molar-refractivity contribution in [3.05, 3.63) is 0 Å². The van der Waals surface area contributed by atoms with Crippen molar-refractivity contribution in [3.8, 4) is 0 Å². The predicted octanol–water partition coefficient (Wildman–Crippen LogP) is 0.901. The number of carbonyl (C=O) groups is 1. The van der Waals surface area contributed by atoms with Gasteiger partial charge in [0.15, 0.2) is 0 Å². The lowest BCUT2D eigenvalue weighted by atomic mass is 9.93. The molecule has 16 heavy (non-hydrogen) atoms. The van der Waals surface area contributed by atoms with Gasteiger partial charge < -0.3 is 15.8 Å². The van der Waals surface area contributed by atoms with E-state index in [9.17, 15) is 4.79 Å². The van der Waals surface area contributed by atoms with E-state index < -0.39 is 6.04 Å². The van der Waals surface area contributed by atoms with Gasteiger partial charge in [0.05, 0.1) is 6.61 Å². The molecule has 3 N–H and O–H groups in total. The van der Waals surface area contributed by atoms with Crippen molar-refractivity contribution in [2.45, 2.75) is 45.2 Å². The monoisotopic (exact) mass is 228 g/mol. The molecular weight excluding hydrogens is 204 g/mol. The quantitative estimate of drug-likeness (QED) is 0.735. The van der Waals surface area contributed by atoms with Gasteiger partial charge in [-0.05, 0) is 24.7 Å². The number of carbonyl (C=O) groups excluding carboxylic acids is 1. The van der Waals surface area contributed by atoms with Gasteiger partial charge in [0.1, 0.15) is 6.04 Å². The summed E-state index contributed by atoms with van der Waals surface area (Å²) in [6.07, 6.45) is 3.48. The smallest absolute Gasteiger partial charge is 0.239 e. The van der Waals surface area contributed by atoms with Crippen LogP contribution in [0.15, 0.2) is 0 Å². The normalized spacial score (nSPS) is 31.4. The Morgan fingerprint density at radius 1 is 1.56 bits per heavy atom. The number of amides is 1. The van der Waals surface area contributed by atoms with E-state index in [1.807, 2.05) is 0 Å². The second-order valence-electron chi connectivity index (χ2n) is 4.78. The Labute approximate surface area is 97.9 Å². The van der Waals surface area contributed by atoms with Gasteiger partial charge >= 0.3 is 0 Å². The predicted molar refractivity (Wildman–Crippen MR) is 64.0 cm³/mol. The first-order chi connectivity index (χ1) is 7.60. The third kappa shape index (κ3) is 3.19. The number of nitrogens with one attached hydrogen (secondary N) is 1. The van der Waals surface area contributed by atoms with Gasteiger partial charge in [0, 0.05) is 13.2 Å². The van der Waals surface area contributed by atoms with Crippen LogP contribution in [0.2, 0.25) is 0 Å². The number of nitrogens with two attached hydrogens (primary N) is 1. The maximum atomic E-state index is 11.7. The Kier molecular flexibility index (Phi) is 5.22. The van der Waals surface area contributed by atoms with E-state index >= 15 is 0 Å². The molecule has 4 atom stereocenters. The van der Waals surface area contributed by atoms with Crippen LogP contribution in [0.4, 0.5) is 0 Å². The average molecular weight is 228 g/mol. The second-order valence-corrected chi connectivity index (χ2v) is 4.78. The topological polar surface area (TPSA) is 64.4 Å². The van der Waals surface area contributed by atoms with E-state index in [2.05, 4.69) is 19.2 Å². The maximum absolute atomic E-state index is 11.7. The van der Waals surface area contributed by atoms with E-state index in [-0.39, 0.29) is 12.5 Å². The van der Waals surface area contributed by atoms with Crippen LogP contribution < -0.4 is 11.1 Å². The molecule has 0 aromatic rings. The molecule has 94 valence electrons. The van der Waals surface area contributed by atoms with E-state index in [1.54, 1.807) is 7.11 Å². The zero-order chi connectivity index (χ0) is 12.1. The summed E-state index contributed by atoms with van der Waals surface area (Å²) in [6.45, 7) is 4.71. The lowest BCUT2D eigenvalue weighted by Crippen LogP contribution is -2.48. The summed E-state index contributed by atoms with van der Waals surface area (Å²) in [4.78, 5) is 11.7. The minimum atomic E-state index is -0.544. The van der Waals surface area contributed by atoms with Crippen molar-refractivity contribution >= 4 is 5.91 Å². The minimum Gasteiger partial charge on any atom is -0.383 e. The number of methoxy groups -OCH3 is 1. The lowest BCUT2D eigenvalue weighted by molar-refractivity contribution is -0.124. The Morgan fingerprint density at radius 3 is 2.75 bits per heavy atom. The second kappa shape index (κ2) is 6.21. The van der Waals surface area contributed by atoms with Crippen molar-refractivity contribution < 1.29 is 9.53 Å². The molecule has 0 spiro atoms. The molecular formula is C12H24N2O2. The van der Waals surface area contributed by atoms with E-state index in [0.717, 1.165) is 12.3 Å². The number of rotatable bonds is 5. The molecule has 0 aliphatic heterocycles. The van der Waals surface area contributed by atoms with Crippen LogP contribution >= 0.6 is 0 Å². The zero-order valence-corrected chi connectivity index (χ0v) is 10.5. The molecule has 0 radical (unpaired) electrons. The van der Waals surface area contributed by atoms with Crippen molar-refractivity contribution in [2.75, 3.05) is 13.7 Å². The molecule has 0 bridgehead atoms. The highest BCUT2D eigenvalue weighted by atomic mass is 16.5. The van der Waals surface area contributed by atoms with Crippen LogP contribution in [0.5, 0.6) is 0 Å². The molecule has 0 heterocycles. The highest BCUT2D eigenvalue weighted by Crippen LogP contribution is 2.33. The van der Waals surface area contributed by atoms with Gasteiger partial charge in [-0.2, -0.15) is 0 Å². The molecule has 1 amide bonds. The summed E-state index contributed by atoms with van der Waals surface area (Å²) in [7, 11) is 1.55. The molecule has 1 saturated carbocycles. The molecule has 4 nitrogen and oxygen atoms in total. The fourth-order valence-electron chi connectivity index (χ4n) is 2.57. The van der Waals surface area contributed by atoms with Crippen molar-refractivity contribution in [2.24, 2.45) is 17.6 Å².